The van der Waals surface area contributed by atoms with Crippen LogP contribution in [0.4, 0.5) is 5.69 Å². The first-order valence-corrected chi connectivity index (χ1v) is 9.67. The molecule has 1 heterocycles. The molecule has 1 aliphatic carbocycles. The summed E-state index contributed by atoms with van der Waals surface area (Å²) in [6, 6.07) is 10.5. The zero-order chi connectivity index (χ0) is 18.0. The summed E-state index contributed by atoms with van der Waals surface area (Å²) < 4.78 is 28.0. The summed E-state index contributed by atoms with van der Waals surface area (Å²) in [5.74, 6) is -1.11. The van der Waals surface area contributed by atoms with Crippen LogP contribution in [0.5, 0.6) is 0 Å². The first-order chi connectivity index (χ1) is 11.8. The number of anilines is 1. The molecule has 4 rings (SSSR count). The van der Waals surface area contributed by atoms with Gasteiger partial charge in [0.05, 0.1) is 16.1 Å². The summed E-state index contributed by atoms with van der Waals surface area (Å²) in [7, 11) is -3.81. The van der Waals surface area contributed by atoms with Crippen LogP contribution in [0.1, 0.15) is 39.9 Å². The summed E-state index contributed by atoms with van der Waals surface area (Å²) in [6.07, 6.45) is 1.98. The number of nitrogens with zero attached hydrogens (tertiary/aromatic N) is 1. The van der Waals surface area contributed by atoms with Crippen molar-refractivity contribution in [3.63, 3.8) is 0 Å². The van der Waals surface area contributed by atoms with E-state index >= 15 is 0 Å². The number of fused-ring (bicyclic) bond motifs is 2. The molecule has 25 heavy (non-hydrogen) atoms. The molecule has 1 N–H and O–H groups in total. The monoisotopic (exact) mass is 357 g/mol. The number of para-hydroxylation sites is 1. The molecule has 0 unspecified atom stereocenters. The van der Waals surface area contributed by atoms with E-state index in [1.165, 1.54) is 10.4 Å². The average Bonchev–Trinajstić information content (AvgIpc) is 3.27. The van der Waals surface area contributed by atoms with Gasteiger partial charge in [-0.15, -0.1) is 0 Å². The van der Waals surface area contributed by atoms with Crippen molar-refractivity contribution in [1.82, 2.24) is 0 Å². The summed E-state index contributed by atoms with van der Waals surface area (Å²) in [5, 5.41) is 9.39. The summed E-state index contributed by atoms with van der Waals surface area (Å²) in [5.41, 5.74) is 3.03. The van der Waals surface area contributed by atoms with Crippen LogP contribution in [0.3, 0.4) is 0 Å². The summed E-state index contributed by atoms with van der Waals surface area (Å²) in [6.45, 7) is 3.87. The van der Waals surface area contributed by atoms with Gasteiger partial charge in [0.1, 0.15) is 0 Å². The normalized spacial score (nSPS) is 17.6. The van der Waals surface area contributed by atoms with Crippen LogP contribution in [-0.4, -0.2) is 26.0 Å². The highest BCUT2D eigenvalue weighted by atomic mass is 32.2. The SMILES string of the molecule is Cc1cc(S(=O)(=O)N2CC3(CC3)c3ccccc32)cc(C(=O)O)c1C. The lowest BCUT2D eigenvalue weighted by molar-refractivity contribution is 0.0695. The predicted molar refractivity (Wildman–Crippen MR) is 94.8 cm³/mol. The van der Waals surface area contributed by atoms with Gasteiger partial charge in [0, 0.05) is 12.0 Å². The van der Waals surface area contributed by atoms with E-state index in [4.69, 9.17) is 0 Å². The lowest BCUT2D eigenvalue weighted by atomic mass is 9.99. The van der Waals surface area contributed by atoms with Crippen molar-refractivity contribution in [2.45, 2.75) is 37.0 Å². The van der Waals surface area contributed by atoms with E-state index in [0.29, 0.717) is 17.7 Å². The smallest absolute Gasteiger partial charge is 0.336 e. The van der Waals surface area contributed by atoms with Gasteiger partial charge in [-0.3, -0.25) is 4.31 Å². The molecule has 0 atom stereocenters. The molecule has 1 aliphatic heterocycles. The molecule has 5 nitrogen and oxygen atoms in total. The Morgan fingerprint density at radius 3 is 2.48 bits per heavy atom. The van der Waals surface area contributed by atoms with Gasteiger partial charge in [0.2, 0.25) is 0 Å². The van der Waals surface area contributed by atoms with Crippen molar-refractivity contribution in [2.75, 3.05) is 10.8 Å². The number of carboxylic acid groups (broad SMARTS) is 1. The molecular weight excluding hydrogens is 338 g/mol. The molecule has 0 amide bonds. The zero-order valence-corrected chi connectivity index (χ0v) is 14.9. The summed E-state index contributed by atoms with van der Waals surface area (Å²) >= 11 is 0. The molecule has 0 bridgehead atoms. The van der Waals surface area contributed by atoms with E-state index in [0.717, 1.165) is 24.1 Å². The van der Waals surface area contributed by atoms with Crippen LogP contribution in [0.2, 0.25) is 0 Å². The first kappa shape index (κ1) is 16.1. The van der Waals surface area contributed by atoms with Crippen molar-refractivity contribution < 1.29 is 18.3 Å². The van der Waals surface area contributed by atoms with Gasteiger partial charge >= 0.3 is 5.97 Å². The molecule has 130 valence electrons. The van der Waals surface area contributed by atoms with Crippen molar-refractivity contribution in [3.8, 4) is 0 Å². The third kappa shape index (κ3) is 2.28. The minimum absolute atomic E-state index is 0.0344. The van der Waals surface area contributed by atoms with Gasteiger partial charge in [-0.25, -0.2) is 13.2 Å². The number of rotatable bonds is 3. The van der Waals surface area contributed by atoms with E-state index in [9.17, 15) is 18.3 Å². The number of carbonyl (C=O) groups is 1. The third-order valence-corrected chi connectivity index (χ3v) is 7.24. The molecule has 0 saturated heterocycles. The lowest BCUT2D eigenvalue weighted by Gasteiger charge is -2.21. The maximum atomic E-state index is 13.3. The highest BCUT2D eigenvalue weighted by Gasteiger charge is 2.54. The fourth-order valence-electron chi connectivity index (χ4n) is 3.70. The quantitative estimate of drug-likeness (QED) is 0.915. The Hall–Kier alpha value is -2.34. The van der Waals surface area contributed by atoms with Crippen LogP contribution in [0.15, 0.2) is 41.3 Å². The number of carboxylic acids is 1. The number of benzene rings is 2. The maximum Gasteiger partial charge on any atom is 0.336 e. The molecule has 0 radical (unpaired) electrons. The Balaban J connectivity index is 1.86. The molecule has 1 saturated carbocycles. The Morgan fingerprint density at radius 2 is 1.84 bits per heavy atom. The van der Waals surface area contributed by atoms with Gasteiger partial charge in [-0.1, -0.05) is 18.2 Å². The lowest BCUT2D eigenvalue weighted by Crippen LogP contribution is -2.31. The number of hydrogen-bond donors (Lipinski definition) is 1. The van der Waals surface area contributed by atoms with Crippen molar-refractivity contribution >= 4 is 21.7 Å². The molecule has 6 heteroatoms. The molecule has 1 spiro atoms. The Morgan fingerprint density at radius 1 is 1.16 bits per heavy atom. The fraction of sp³-hybridized carbons (Fsp3) is 0.316. The molecule has 0 aromatic heterocycles. The number of hydrogen-bond acceptors (Lipinski definition) is 3. The Bertz CT molecular complexity index is 1010. The van der Waals surface area contributed by atoms with E-state index < -0.39 is 16.0 Å². The predicted octanol–water partition coefficient (Wildman–Crippen LogP) is 3.24. The second kappa shape index (κ2) is 5.08. The Kier molecular flexibility index (Phi) is 3.28. The minimum atomic E-state index is -3.81. The van der Waals surface area contributed by atoms with Crippen molar-refractivity contribution in [2.24, 2.45) is 0 Å². The minimum Gasteiger partial charge on any atom is -0.478 e. The average molecular weight is 357 g/mol. The standard InChI is InChI=1S/C19H19NO4S/c1-12-9-14(10-15(13(12)2)18(21)22)25(23,24)20-11-19(7-8-19)16-5-3-4-6-17(16)20/h3-6,9-10H,7-8,11H2,1-2H3,(H,21,22). The number of aromatic carboxylic acids is 1. The van der Waals surface area contributed by atoms with E-state index in [1.54, 1.807) is 19.9 Å². The fourth-order valence-corrected chi connectivity index (χ4v) is 5.38. The second-order valence-electron chi connectivity index (χ2n) is 7.03. The number of aryl methyl sites for hydroxylation is 1. The van der Waals surface area contributed by atoms with Crippen LogP contribution in [0.25, 0.3) is 0 Å². The van der Waals surface area contributed by atoms with E-state index in [1.807, 2.05) is 24.3 Å². The van der Waals surface area contributed by atoms with E-state index in [2.05, 4.69) is 0 Å². The summed E-state index contributed by atoms with van der Waals surface area (Å²) in [4.78, 5) is 11.5. The van der Waals surface area contributed by atoms with Gasteiger partial charge < -0.3 is 5.11 Å². The highest BCUT2D eigenvalue weighted by Crippen LogP contribution is 2.57. The third-order valence-electron chi connectivity index (χ3n) is 5.50. The van der Waals surface area contributed by atoms with Gasteiger partial charge in [-0.05, 0) is 61.6 Å². The zero-order valence-electron chi connectivity index (χ0n) is 14.1. The van der Waals surface area contributed by atoms with Crippen LogP contribution < -0.4 is 4.31 Å². The van der Waals surface area contributed by atoms with Gasteiger partial charge in [0.25, 0.3) is 10.0 Å². The molecule has 2 aromatic carbocycles. The van der Waals surface area contributed by atoms with Crippen LogP contribution in [-0.2, 0) is 15.4 Å². The maximum absolute atomic E-state index is 13.3. The van der Waals surface area contributed by atoms with Crippen molar-refractivity contribution in [1.29, 1.82) is 0 Å². The molecular formula is C19H19NO4S. The van der Waals surface area contributed by atoms with Gasteiger partial charge in [0.15, 0.2) is 0 Å². The molecule has 2 aromatic rings. The number of sulfonamides is 1. The molecule has 2 aliphatic rings. The van der Waals surface area contributed by atoms with Crippen LogP contribution >= 0.6 is 0 Å². The Labute approximate surface area is 147 Å². The van der Waals surface area contributed by atoms with Crippen molar-refractivity contribution in [3.05, 3.63) is 58.7 Å². The largest absolute Gasteiger partial charge is 0.478 e. The molecule has 1 fully saturated rings. The first-order valence-electron chi connectivity index (χ1n) is 8.23. The second-order valence-corrected chi connectivity index (χ2v) is 8.89. The van der Waals surface area contributed by atoms with Gasteiger partial charge in [-0.2, -0.15) is 0 Å². The van der Waals surface area contributed by atoms with Crippen LogP contribution in [0, 0.1) is 13.8 Å². The van der Waals surface area contributed by atoms with E-state index in [-0.39, 0.29) is 15.9 Å². The highest BCUT2D eigenvalue weighted by molar-refractivity contribution is 7.92. The topological polar surface area (TPSA) is 74.7 Å².